The van der Waals surface area contributed by atoms with Gasteiger partial charge in [0.15, 0.2) is 5.76 Å². The van der Waals surface area contributed by atoms with Crippen LogP contribution in [0.4, 0.5) is 5.69 Å². The molecule has 2 amide bonds. The Kier molecular flexibility index (Phi) is 5.61. The molecule has 0 bridgehead atoms. The van der Waals surface area contributed by atoms with Crippen molar-refractivity contribution in [1.82, 2.24) is 10.3 Å². The SMILES string of the molecule is O=C(CCNC(=O)c1ccco1)Nc1cccnc1Oc1ccccc1. The Morgan fingerprint density at radius 1 is 1.04 bits per heavy atom. The third-order valence-electron chi connectivity index (χ3n) is 3.39. The van der Waals surface area contributed by atoms with Crippen LogP contribution in [0.3, 0.4) is 0 Å². The van der Waals surface area contributed by atoms with Crippen molar-refractivity contribution in [2.45, 2.75) is 6.42 Å². The number of nitrogens with one attached hydrogen (secondary N) is 2. The van der Waals surface area contributed by atoms with E-state index in [1.165, 1.54) is 6.26 Å². The van der Waals surface area contributed by atoms with E-state index in [-0.39, 0.29) is 30.5 Å². The fraction of sp³-hybridized carbons (Fsp3) is 0.105. The molecule has 0 spiro atoms. The van der Waals surface area contributed by atoms with Crippen LogP contribution in [0.2, 0.25) is 0 Å². The van der Waals surface area contributed by atoms with E-state index in [4.69, 9.17) is 9.15 Å². The summed E-state index contributed by atoms with van der Waals surface area (Å²) in [5.74, 6) is 0.489. The average Bonchev–Trinajstić information content (AvgIpc) is 3.19. The van der Waals surface area contributed by atoms with E-state index in [9.17, 15) is 9.59 Å². The summed E-state index contributed by atoms with van der Waals surface area (Å²) in [4.78, 5) is 28.0. The van der Waals surface area contributed by atoms with E-state index in [0.717, 1.165) is 0 Å². The van der Waals surface area contributed by atoms with Crippen LogP contribution in [0.15, 0.2) is 71.5 Å². The molecule has 7 nitrogen and oxygen atoms in total. The van der Waals surface area contributed by atoms with Crippen molar-refractivity contribution in [1.29, 1.82) is 0 Å². The second-order valence-electron chi connectivity index (χ2n) is 5.30. The second-order valence-corrected chi connectivity index (χ2v) is 5.30. The van der Waals surface area contributed by atoms with Gasteiger partial charge in [-0.05, 0) is 36.4 Å². The van der Waals surface area contributed by atoms with Crippen molar-refractivity contribution in [2.24, 2.45) is 0 Å². The van der Waals surface area contributed by atoms with Gasteiger partial charge < -0.3 is 19.8 Å². The zero-order valence-electron chi connectivity index (χ0n) is 13.8. The van der Waals surface area contributed by atoms with E-state index < -0.39 is 0 Å². The van der Waals surface area contributed by atoms with Gasteiger partial charge in [-0.2, -0.15) is 0 Å². The molecule has 7 heteroatoms. The van der Waals surface area contributed by atoms with Crippen molar-refractivity contribution in [2.75, 3.05) is 11.9 Å². The third kappa shape index (κ3) is 4.70. The maximum absolute atomic E-state index is 12.1. The lowest BCUT2D eigenvalue weighted by atomic mass is 10.3. The average molecular weight is 351 g/mol. The van der Waals surface area contributed by atoms with Crippen molar-refractivity contribution in [3.05, 3.63) is 72.8 Å². The molecule has 0 fully saturated rings. The van der Waals surface area contributed by atoms with Crippen LogP contribution in [-0.2, 0) is 4.79 Å². The normalized spacial score (nSPS) is 10.2. The Bertz CT molecular complexity index is 864. The smallest absolute Gasteiger partial charge is 0.286 e. The molecule has 0 aliphatic rings. The molecule has 0 saturated heterocycles. The van der Waals surface area contributed by atoms with Gasteiger partial charge >= 0.3 is 0 Å². The molecule has 0 radical (unpaired) electrons. The highest BCUT2D eigenvalue weighted by Crippen LogP contribution is 2.26. The van der Waals surface area contributed by atoms with Crippen LogP contribution in [0.5, 0.6) is 11.6 Å². The predicted octanol–water partition coefficient (Wildman–Crippen LogP) is 3.23. The van der Waals surface area contributed by atoms with Gasteiger partial charge in [-0.15, -0.1) is 0 Å². The maximum Gasteiger partial charge on any atom is 0.286 e. The predicted molar refractivity (Wildman–Crippen MR) is 95.0 cm³/mol. The Morgan fingerprint density at radius 2 is 1.88 bits per heavy atom. The molecule has 0 aliphatic carbocycles. The molecule has 26 heavy (non-hydrogen) atoms. The first kappa shape index (κ1) is 17.2. The number of ether oxygens (including phenoxy) is 1. The van der Waals surface area contributed by atoms with Crippen LogP contribution < -0.4 is 15.4 Å². The molecule has 132 valence electrons. The van der Waals surface area contributed by atoms with E-state index in [0.29, 0.717) is 17.3 Å². The van der Waals surface area contributed by atoms with Crippen molar-refractivity contribution in [3.8, 4) is 11.6 Å². The molecule has 0 unspecified atom stereocenters. The fourth-order valence-corrected chi connectivity index (χ4v) is 2.16. The quantitative estimate of drug-likeness (QED) is 0.682. The number of benzene rings is 1. The topological polar surface area (TPSA) is 93.5 Å². The number of anilines is 1. The minimum atomic E-state index is -0.364. The molecule has 0 saturated carbocycles. The Hall–Kier alpha value is -3.61. The number of carbonyl (C=O) groups is 2. The van der Waals surface area contributed by atoms with Crippen LogP contribution >= 0.6 is 0 Å². The summed E-state index contributed by atoms with van der Waals surface area (Å²) >= 11 is 0. The number of aromatic nitrogens is 1. The molecule has 2 aromatic heterocycles. The molecule has 0 aliphatic heterocycles. The summed E-state index contributed by atoms with van der Waals surface area (Å²) in [5.41, 5.74) is 0.457. The first-order valence-corrected chi connectivity index (χ1v) is 8.02. The number of nitrogens with zero attached hydrogens (tertiary/aromatic N) is 1. The number of rotatable bonds is 7. The molecule has 0 atom stereocenters. The number of furan rings is 1. The zero-order chi connectivity index (χ0) is 18.2. The highest BCUT2D eigenvalue weighted by Gasteiger charge is 2.11. The summed E-state index contributed by atoms with van der Waals surface area (Å²) in [7, 11) is 0. The number of carbonyl (C=O) groups excluding carboxylic acids is 2. The lowest BCUT2D eigenvalue weighted by Gasteiger charge is -2.11. The van der Waals surface area contributed by atoms with Gasteiger partial charge in [-0.3, -0.25) is 9.59 Å². The standard InChI is InChI=1S/C19H17N3O4/c23-17(10-12-20-18(24)16-9-5-13-25-16)22-15-8-4-11-21-19(15)26-14-6-2-1-3-7-14/h1-9,11,13H,10,12H2,(H,20,24)(H,22,23). The van der Waals surface area contributed by atoms with Crippen molar-refractivity contribution >= 4 is 17.5 Å². The van der Waals surface area contributed by atoms with Gasteiger partial charge in [-0.1, -0.05) is 18.2 Å². The number of hydrogen-bond donors (Lipinski definition) is 2. The number of pyridine rings is 1. The first-order chi connectivity index (χ1) is 12.7. The summed E-state index contributed by atoms with van der Waals surface area (Å²) in [5, 5.41) is 5.35. The van der Waals surface area contributed by atoms with Gasteiger partial charge in [-0.25, -0.2) is 4.98 Å². The largest absolute Gasteiger partial charge is 0.459 e. The molecule has 3 rings (SSSR count). The van der Waals surface area contributed by atoms with Crippen LogP contribution in [0, 0.1) is 0 Å². The Labute approximate surface area is 150 Å². The van der Waals surface area contributed by atoms with Gasteiger partial charge in [0.05, 0.1) is 6.26 Å². The third-order valence-corrected chi connectivity index (χ3v) is 3.39. The minimum absolute atomic E-state index is 0.103. The minimum Gasteiger partial charge on any atom is -0.459 e. The molecular formula is C19H17N3O4. The molecule has 2 N–H and O–H groups in total. The summed E-state index contributed by atoms with van der Waals surface area (Å²) in [6.07, 6.45) is 3.10. The lowest BCUT2D eigenvalue weighted by Crippen LogP contribution is -2.27. The van der Waals surface area contributed by atoms with Gasteiger partial charge in [0.25, 0.3) is 5.91 Å². The van der Waals surface area contributed by atoms with E-state index in [1.54, 1.807) is 42.6 Å². The van der Waals surface area contributed by atoms with Gasteiger partial charge in [0.1, 0.15) is 11.4 Å². The fourth-order valence-electron chi connectivity index (χ4n) is 2.16. The van der Waals surface area contributed by atoms with Gasteiger partial charge in [0.2, 0.25) is 11.8 Å². The second kappa shape index (κ2) is 8.48. The maximum atomic E-state index is 12.1. The van der Waals surface area contributed by atoms with Crippen LogP contribution in [0.1, 0.15) is 17.0 Å². The molecule has 2 heterocycles. The number of para-hydroxylation sites is 1. The lowest BCUT2D eigenvalue weighted by molar-refractivity contribution is -0.116. The van der Waals surface area contributed by atoms with Crippen molar-refractivity contribution < 1.29 is 18.7 Å². The van der Waals surface area contributed by atoms with Crippen LogP contribution in [0.25, 0.3) is 0 Å². The number of hydrogen-bond acceptors (Lipinski definition) is 5. The Balaban J connectivity index is 1.53. The monoisotopic (exact) mass is 351 g/mol. The van der Waals surface area contributed by atoms with E-state index >= 15 is 0 Å². The molecule has 3 aromatic rings. The highest BCUT2D eigenvalue weighted by atomic mass is 16.5. The van der Waals surface area contributed by atoms with Crippen molar-refractivity contribution in [3.63, 3.8) is 0 Å². The molecular weight excluding hydrogens is 334 g/mol. The molecule has 1 aromatic carbocycles. The zero-order valence-corrected chi connectivity index (χ0v) is 13.8. The summed E-state index contributed by atoms with van der Waals surface area (Å²) in [6, 6.07) is 15.7. The first-order valence-electron chi connectivity index (χ1n) is 8.02. The summed E-state index contributed by atoms with van der Waals surface area (Å²) in [6.45, 7) is 0.181. The van der Waals surface area contributed by atoms with E-state index in [2.05, 4.69) is 15.6 Å². The van der Waals surface area contributed by atoms with Gasteiger partial charge in [0, 0.05) is 19.2 Å². The Morgan fingerprint density at radius 3 is 2.65 bits per heavy atom. The summed E-state index contributed by atoms with van der Waals surface area (Å²) < 4.78 is 10.7. The van der Waals surface area contributed by atoms with E-state index in [1.807, 2.05) is 18.2 Å². The number of amides is 2. The highest BCUT2D eigenvalue weighted by molar-refractivity contribution is 5.94. The van der Waals surface area contributed by atoms with Crippen LogP contribution in [-0.4, -0.2) is 23.3 Å².